The first-order valence-corrected chi connectivity index (χ1v) is 9.89. The Hall–Kier alpha value is -2.54. The predicted octanol–water partition coefficient (Wildman–Crippen LogP) is 3.69. The molecule has 0 saturated carbocycles. The van der Waals surface area contributed by atoms with Crippen molar-refractivity contribution in [2.24, 2.45) is 0 Å². The summed E-state index contributed by atoms with van der Waals surface area (Å²) in [5.41, 5.74) is 3.49. The lowest BCUT2D eigenvalue weighted by Crippen LogP contribution is -2.27. The molecule has 1 aliphatic rings. The van der Waals surface area contributed by atoms with E-state index in [1.54, 1.807) is 4.80 Å². The zero-order valence-corrected chi connectivity index (χ0v) is 16.4. The number of carbonyl (C=O) groups is 1. The highest BCUT2D eigenvalue weighted by Gasteiger charge is 2.23. The molecule has 0 radical (unpaired) electrons. The minimum atomic E-state index is 0.0687. The number of aryl methyl sites for hydroxylation is 2. The average molecular weight is 426 g/mol. The molecule has 3 aromatic rings. The number of nitrogens with zero attached hydrogens (tertiary/aromatic N) is 4. The first kappa shape index (κ1) is 17.9. The number of benzene rings is 2. The molecule has 1 amide bonds. The first-order chi connectivity index (χ1) is 13.2. The Balaban J connectivity index is 1.27. The molecule has 4 rings (SSSR count). The number of rotatable bonds is 6. The fraction of sp³-hybridized carbons (Fsp3) is 0.300. The zero-order chi connectivity index (χ0) is 18.6. The van der Waals surface area contributed by atoms with E-state index in [1.165, 1.54) is 11.1 Å². The molecule has 7 heteroatoms. The number of hydrogen-bond acceptors (Lipinski definition) is 4. The molecule has 1 N–H and O–H groups in total. The first-order valence-electron chi connectivity index (χ1n) is 9.10. The molecule has 138 valence electrons. The molecule has 1 unspecified atom stereocenters. The Morgan fingerprint density at radius 3 is 2.93 bits per heavy atom. The van der Waals surface area contributed by atoms with Crippen molar-refractivity contribution in [2.45, 2.75) is 38.3 Å². The summed E-state index contributed by atoms with van der Waals surface area (Å²) in [5, 5.41) is 15.7. The smallest absolute Gasteiger partial charge is 0.220 e. The summed E-state index contributed by atoms with van der Waals surface area (Å²) < 4.78 is 1.09. The molecule has 0 spiro atoms. The summed E-state index contributed by atoms with van der Waals surface area (Å²) in [6.45, 7) is 0.571. The molecule has 1 aromatic heterocycles. The van der Waals surface area contributed by atoms with Crippen LogP contribution >= 0.6 is 15.9 Å². The fourth-order valence-corrected chi connectivity index (χ4v) is 3.83. The molecule has 0 bridgehead atoms. The normalized spacial score (nSPS) is 15.5. The number of halogens is 1. The highest BCUT2D eigenvalue weighted by Crippen LogP contribution is 2.32. The van der Waals surface area contributed by atoms with Gasteiger partial charge in [0.25, 0.3) is 0 Å². The Morgan fingerprint density at radius 2 is 2.07 bits per heavy atom. The second kappa shape index (κ2) is 8.00. The lowest BCUT2D eigenvalue weighted by Gasteiger charge is -2.14. The Morgan fingerprint density at radius 1 is 1.22 bits per heavy atom. The lowest BCUT2D eigenvalue weighted by molar-refractivity contribution is -0.122. The van der Waals surface area contributed by atoms with Crippen LogP contribution in [0.2, 0.25) is 0 Å². The van der Waals surface area contributed by atoms with Crippen molar-refractivity contribution in [2.75, 3.05) is 0 Å². The van der Waals surface area contributed by atoms with Gasteiger partial charge in [0.2, 0.25) is 11.7 Å². The number of hydrogen-bond donors (Lipinski definition) is 1. The average Bonchev–Trinajstić information content (AvgIpc) is 3.30. The molecule has 6 nitrogen and oxygen atoms in total. The number of nitrogens with one attached hydrogen (secondary N) is 1. The third kappa shape index (κ3) is 4.24. The van der Waals surface area contributed by atoms with Crippen molar-refractivity contribution in [3.63, 3.8) is 0 Å². The van der Waals surface area contributed by atoms with Crippen LogP contribution in [0.15, 0.2) is 53.0 Å². The van der Waals surface area contributed by atoms with Crippen LogP contribution in [0.4, 0.5) is 0 Å². The van der Waals surface area contributed by atoms with Crippen molar-refractivity contribution in [3.05, 3.63) is 64.1 Å². The minimum absolute atomic E-state index is 0.0687. The van der Waals surface area contributed by atoms with Crippen molar-refractivity contribution in [1.29, 1.82) is 0 Å². The van der Waals surface area contributed by atoms with Crippen LogP contribution in [0.5, 0.6) is 0 Å². The van der Waals surface area contributed by atoms with Gasteiger partial charge in [0.05, 0.1) is 12.6 Å². The highest BCUT2D eigenvalue weighted by molar-refractivity contribution is 9.10. The molecular weight excluding hydrogens is 406 g/mol. The molecule has 2 aromatic carbocycles. The largest absolute Gasteiger partial charge is 0.349 e. The summed E-state index contributed by atoms with van der Waals surface area (Å²) in [4.78, 5) is 13.9. The van der Waals surface area contributed by atoms with Gasteiger partial charge in [-0.3, -0.25) is 4.79 Å². The van der Waals surface area contributed by atoms with Gasteiger partial charge in [-0.25, -0.2) is 0 Å². The van der Waals surface area contributed by atoms with E-state index in [-0.39, 0.29) is 11.9 Å². The Labute approximate surface area is 166 Å². The zero-order valence-electron chi connectivity index (χ0n) is 14.8. The van der Waals surface area contributed by atoms with Gasteiger partial charge in [-0.2, -0.15) is 4.80 Å². The van der Waals surface area contributed by atoms with E-state index >= 15 is 0 Å². The predicted molar refractivity (Wildman–Crippen MR) is 106 cm³/mol. The maximum absolute atomic E-state index is 12.3. The van der Waals surface area contributed by atoms with E-state index in [0.29, 0.717) is 25.2 Å². The second-order valence-electron chi connectivity index (χ2n) is 6.68. The molecule has 27 heavy (non-hydrogen) atoms. The molecular formula is C20H20BrN5O. The Kier molecular flexibility index (Phi) is 5.29. The van der Waals surface area contributed by atoms with Gasteiger partial charge in [-0.15, -0.1) is 10.2 Å². The third-order valence-corrected chi connectivity index (χ3v) is 5.26. The molecule has 1 heterocycles. The maximum atomic E-state index is 12.3. The molecule has 0 aliphatic heterocycles. The number of amides is 1. The van der Waals surface area contributed by atoms with Crippen molar-refractivity contribution in [3.8, 4) is 11.4 Å². The van der Waals surface area contributed by atoms with E-state index < -0.39 is 0 Å². The van der Waals surface area contributed by atoms with E-state index in [4.69, 9.17) is 0 Å². The number of fused-ring (bicyclic) bond motifs is 1. The van der Waals surface area contributed by atoms with E-state index in [0.717, 1.165) is 22.9 Å². The summed E-state index contributed by atoms with van der Waals surface area (Å²) in [6, 6.07) is 16.1. The molecule has 0 fully saturated rings. The fourth-order valence-electron chi connectivity index (χ4n) is 3.42. The third-order valence-electron chi connectivity index (χ3n) is 4.76. The lowest BCUT2D eigenvalue weighted by atomic mass is 10.1. The summed E-state index contributed by atoms with van der Waals surface area (Å²) in [6.07, 6.45) is 3.09. The Bertz CT molecular complexity index is 941. The number of aromatic nitrogens is 4. The van der Waals surface area contributed by atoms with Crippen molar-refractivity contribution in [1.82, 2.24) is 25.5 Å². The van der Waals surface area contributed by atoms with Crippen LogP contribution in [0, 0.1) is 0 Å². The standard InChI is InChI=1S/C20H20BrN5O/c21-16-9-10-17-15(13-16)8-11-18(17)22-19(27)7-4-12-26-24-20(23-25-26)14-5-2-1-3-6-14/h1-3,5-6,9-10,13,18H,4,7-8,11-12H2,(H,22,27). The quantitative estimate of drug-likeness (QED) is 0.653. The van der Waals surface area contributed by atoms with Crippen LogP contribution in [0.3, 0.4) is 0 Å². The van der Waals surface area contributed by atoms with Gasteiger partial charge in [-0.05, 0) is 47.7 Å². The van der Waals surface area contributed by atoms with Crippen LogP contribution in [0.1, 0.15) is 36.4 Å². The van der Waals surface area contributed by atoms with E-state index in [2.05, 4.69) is 48.8 Å². The van der Waals surface area contributed by atoms with Gasteiger partial charge >= 0.3 is 0 Å². The van der Waals surface area contributed by atoms with Crippen LogP contribution in [-0.4, -0.2) is 26.1 Å². The summed E-state index contributed by atoms with van der Waals surface area (Å²) in [7, 11) is 0. The van der Waals surface area contributed by atoms with Gasteiger partial charge < -0.3 is 5.32 Å². The second-order valence-corrected chi connectivity index (χ2v) is 7.60. The van der Waals surface area contributed by atoms with Crippen LogP contribution < -0.4 is 5.32 Å². The highest BCUT2D eigenvalue weighted by atomic mass is 79.9. The van der Waals surface area contributed by atoms with E-state index in [1.807, 2.05) is 36.4 Å². The molecule has 1 atom stereocenters. The summed E-state index contributed by atoms with van der Waals surface area (Å²) in [5.74, 6) is 0.674. The topological polar surface area (TPSA) is 72.7 Å². The maximum Gasteiger partial charge on any atom is 0.220 e. The minimum Gasteiger partial charge on any atom is -0.349 e. The summed E-state index contributed by atoms with van der Waals surface area (Å²) >= 11 is 3.50. The number of tetrazole rings is 1. The van der Waals surface area contributed by atoms with Gasteiger partial charge in [0.1, 0.15) is 0 Å². The number of carbonyl (C=O) groups excluding carboxylic acids is 1. The van der Waals surface area contributed by atoms with Crippen molar-refractivity contribution < 1.29 is 4.79 Å². The molecule has 1 aliphatic carbocycles. The van der Waals surface area contributed by atoms with Crippen LogP contribution in [-0.2, 0) is 17.8 Å². The van der Waals surface area contributed by atoms with Gasteiger partial charge in [-0.1, -0.05) is 52.3 Å². The van der Waals surface area contributed by atoms with Crippen molar-refractivity contribution >= 4 is 21.8 Å². The van der Waals surface area contributed by atoms with Crippen LogP contribution in [0.25, 0.3) is 11.4 Å². The van der Waals surface area contributed by atoms with Gasteiger partial charge in [0.15, 0.2) is 0 Å². The monoisotopic (exact) mass is 425 g/mol. The SMILES string of the molecule is O=C(CCCn1nnc(-c2ccccc2)n1)NC1CCc2cc(Br)ccc21. The van der Waals surface area contributed by atoms with Gasteiger partial charge in [0, 0.05) is 16.5 Å². The van der Waals surface area contributed by atoms with E-state index in [9.17, 15) is 4.79 Å². The molecule has 0 saturated heterocycles.